The normalized spacial score (nSPS) is 12.6. The quantitative estimate of drug-likeness (QED) is 0.734. The first-order chi connectivity index (χ1) is 12.0. The third kappa shape index (κ3) is 4.26. The number of rotatable bonds is 6. The van der Waals surface area contributed by atoms with Gasteiger partial charge in [-0.2, -0.15) is 0 Å². The van der Waals surface area contributed by atoms with Gasteiger partial charge in [-0.3, -0.25) is 9.69 Å². The van der Waals surface area contributed by atoms with E-state index < -0.39 is 17.5 Å². The standard InChI is InChI=1S/C18H19FN4O2/c1-22(10-13-5-3-2-4-6-13)11-15(24)12-23-18(25)16-8-7-14(19)9-17(16)20-21-23/h2-9,15,24H,10-12H2,1H3. The van der Waals surface area contributed by atoms with Crippen molar-refractivity contribution >= 4 is 10.9 Å². The number of aromatic nitrogens is 3. The molecule has 0 fully saturated rings. The minimum Gasteiger partial charge on any atom is -0.390 e. The van der Waals surface area contributed by atoms with Gasteiger partial charge in [-0.05, 0) is 24.7 Å². The Kier molecular flexibility index (Phi) is 5.16. The number of fused-ring (bicyclic) bond motifs is 1. The summed E-state index contributed by atoms with van der Waals surface area (Å²) < 4.78 is 14.3. The van der Waals surface area contributed by atoms with Crippen LogP contribution >= 0.6 is 0 Å². The number of likely N-dealkylation sites (N-methyl/N-ethyl adjacent to an activating group) is 1. The zero-order chi connectivity index (χ0) is 17.8. The van der Waals surface area contributed by atoms with Crippen molar-refractivity contribution in [1.82, 2.24) is 19.9 Å². The van der Waals surface area contributed by atoms with Gasteiger partial charge in [0.15, 0.2) is 0 Å². The Morgan fingerprint density at radius 2 is 2.00 bits per heavy atom. The van der Waals surface area contributed by atoms with E-state index in [1.165, 1.54) is 12.1 Å². The zero-order valence-corrected chi connectivity index (χ0v) is 13.8. The second-order valence-corrected chi connectivity index (χ2v) is 6.07. The van der Waals surface area contributed by atoms with E-state index in [2.05, 4.69) is 10.3 Å². The van der Waals surface area contributed by atoms with E-state index in [0.29, 0.717) is 13.1 Å². The highest BCUT2D eigenvalue weighted by molar-refractivity contribution is 5.76. The molecule has 7 heteroatoms. The number of benzene rings is 2. The van der Waals surface area contributed by atoms with E-state index in [1.54, 1.807) is 0 Å². The van der Waals surface area contributed by atoms with E-state index in [4.69, 9.17) is 0 Å². The second kappa shape index (κ2) is 7.50. The molecular weight excluding hydrogens is 323 g/mol. The van der Waals surface area contributed by atoms with Crippen LogP contribution < -0.4 is 5.56 Å². The Morgan fingerprint density at radius 3 is 2.76 bits per heavy atom. The summed E-state index contributed by atoms with van der Waals surface area (Å²) >= 11 is 0. The summed E-state index contributed by atoms with van der Waals surface area (Å²) in [5.74, 6) is -0.471. The molecule has 25 heavy (non-hydrogen) atoms. The summed E-state index contributed by atoms with van der Waals surface area (Å²) in [5, 5.41) is 18.2. The Balaban J connectivity index is 1.67. The van der Waals surface area contributed by atoms with Gasteiger partial charge in [0.25, 0.3) is 5.56 Å². The maximum atomic E-state index is 13.2. The third-order valence-corrected chi connectivity index (χ3v) is 3.89. The molecule has 0 aliphatic carbocycles. The van der Waals surface area contributed by atoms with Gasteiger partial charge in [0.1, 0.15) is 11.3 Å². The summed E-state index contributed by atoms with van der Waals surface area (Å²) in [4.78, 5) is 14.3. The average molecular weight is 342 g/mol. The highest BCUT2D eigenvalue weighted by Crippen LogP contribution is 2.08. The molecule has 0 radical (unpaired) electrons. The molecule has 1 unspecified atom stereocenters. The maximum Gasteiger partial charge on any atom is 0.277 e. The largest absolute Gasteiger partial charge is 0.390 e. The van der Waals surface area contributed by atoms with Crippen LogP contribution in [-0.2, 0) is 13.1 Å². The van der Waals surface area contributed by atoms with Crippen molar-refractivity contribution in [3.63, 3.8) is 0 Å². The topological polar surface area (TPSA) is 71.2 Å². The Hall–Kier alpha value is -2.64. The molecule has 3 aromatic rings. The van der Waals surface area contributed by atoms with Crippen LogP contribution in [0.4, 0.5) is 4.39 Å². The number of hydrogen-bond donors (Lipinski definition) is 1. The van der Waals surface area contributed by atoms with Gasteiger partial charge >= 0.3 is 0 Å². The Labute approximate surface area is 144 Å². The van der Waals surface area contributed by atoms with Crippen molar-refractivity contribution in [3.8, 4) is 0 Å². The lowest BCUT2D eigenvalue weighted by Crippen LogP contribution is -2.36. The van der Waals surface area contributed by atoms with Crippen molar-refractivity contribution in [2.75, 3.05) is 13.6 Å². The van der Waals surface area contributed by atoms with Crippen LogP contribution in [0.1, 0.15) is 5.56 Å². The van der Waals surface area contributed by atoms with E-state index in [9.17, 15) is 14.3 Å². The molecule has 2 aromatic carbocycles. The van der Waals surface area contributed by atoms with Crippen molar-refractivity contribution in [2.24, 2.45) is 0 Å². The van der Waals surface area contributed by atoms with Crippen molar-refractivity contribution in [3.05, 3.63) is 70.3 Å². The van der Waals surface area contributed by atoms with Gasteiger partial charge in [0.2, 0.25) is 0 Å². The number of halogens is 1. The summed E-state index contributed by atoms with van der Waals surface area (Å²) in [6.45, 7) is 1.10. The van der Waals surface area contributed by atoms with Crippen LogP contribution in [0.2, 0.25) is 0 Å². The summed E-state index contributed by atoms with van der Waals surface area (Å²) in [6, 6.07) is 13.7. The predicted octanol–water partition coefficient (Wildman–Crippen LogP) is 1.42. The highest BCUT2D eigenvalue weighted by atomic mass is 19.1. The van der Waals surface area contributed by atoms with Gasteiger partial charge < -0.3 is 5.11 Å². The zero-order valence-electron chi connectivity index (χ0n) is 13.8. The van der Waals surface area contributed by atoms with Crippen molar-refractivity contribution in [1.29, 1.82) is 0 Å². The second-order valence-electron chi connectivity index (χ2n) is 6.07. The van der Waals surface area contributed by atoms with Gasteiger partial charge in [-0.15, -0.1) is 5.10 Å². The molecule has 1 N–H and O–H groups in total. The van der Waals surface area contributed by atoms with Crippen LogP contribution in [0, 0.1) is 5.82 Å². The van der Waals surface area contributed by atoms with Gasteiger partial charge in [0, 0.05) is 19.2 Å². The molecule has 1 heterocycles. The fourth-order valence-electron chi connectivity index (χ4n) is 2.75. The Bertz CT molecular complexity index is 914. The van der Waals surface area contributed by atoms with Gasteiger partial charge in [-0.1, -0.05) is 35.5 Å². The minimum absolute atomic E-state index is 0.0261. The van der Waals surface area contributed by atoms with Crippen LogP contribution in [-0.4, -0.2) is 44.7 Å². The lowest BCUT2D eigenvalue weighted by atomic mass is 10.2. The molecule has 1 atom stereocenters. The molecule has 0 spiro atoms. The monoisotopic (exact) mass is 342 g/mol. The first-order valence-electron chi connectivity index (χ1n) is 7.96. The van der Waals surface area contributed by atoms with Crippen LogP contribution in [0.25, 0.3) is 10.9 Å². The lowest BCUT2D eigenvalue weighted by Gasteiger charge is -2.20. The molecule has 6 nitrogen and oxygen atoms in total. The maximum absolute atomic E-state index is 13.2. The van der Waals surface area contributed by atoms with Crippen molar-refractivity contribution < 1.29 is 9.50 Å². The molecule has 1 aromatic heterocycles. The fraction of sp³-hybridized carbons (Fsp3) is 0.278. The smallest absolute Gasteiger partial charge is 0.277 e. The molecule has 0 bridgehead atoms. The lowest BCUT2D eigenvalue weighted by molar-refractivity contribution is 0.101. The fourth-order valence-corrected chi connectivity index (χ4v) is 2.75. The molecule has 0 saturated heterocycles. The van der Waals surface area contributed by atoms with Crippen LogP contribution in [0.15, 0.2) is 53.3 Å². The van der Waals surface area contributed by atoms with E-state index in [-0.39, 0.29) is 17.4 Å². The van der Waals surface area contributed by atoms with E-state index in [0.717, 1.165) is 16.3 Å². The van der Waals surface area contributed by atoms with Gasteiger partial charge in [-0.25, -0.2) is 9.07 Å². The van der Waals surface area contributed by atoms with Crippen LogP contribution in [0.5, 0.6) is 0 Å². The molecule has 130 valence electrons. The predicted molar refractivity (Wildman–Crippen MR) is 92.5 cm³/mol. The first kappa shape index (κ1) is 17.2. The molecule has 0 aliphatic heterocycles. The third-order valence-electron chi connectivity index (χ3n) is 3.89. The van der Waals surface area contributed by atoms with E-state index >= 15 is 0 Å². The first-order valence-corrected chi connectivity index (χ1v) is 7.96. The molecular formula is C18H19FN4O2. The van der Waals surface area contributed by atoms with Gasteiger partial charge in [0.05, 0.1) is 18.0 Å². The Morgan fingerprint density at radius 1 is 1.24 bits per heavy atom. The number of hydrogen-bond acceptors (Lipinski definition) is 5. The molecule has 0 amide bonds. The SMILES string of the molecule is CN(Cc1ccccc1)CC(O)Cn1nnc2cc(F)ccc2c1=O. The highest BCUT2D eigenvalue weighted by Gasteiger charge is 2.13. The summed E-state index contributed by atoms with van der Waals surface area (Å²) in [5.41, 5.74) is 0.952. The number of aliphatic hydroxyl groups excluding tert-OH is 1. The average Bonchev–Trinajstić information content (AvgIpc) is 2.58. The van der Waals surface area contributed by atoms with E-state index in [1.807, 2.05) is 42.3 Å². The number of aliphatic hydroxyl groups is 1. The van der Waals surface area contributed by atoms with Crippen LogP contribution in [0.3, 0.4) is 0 Å². The summed E-state index contributed by atoms with van der Waals surface area (Å²) in [6.07, 6.45) is -0.779. The summed E-state index contributed by atoms with van der Waals surface area (Å²) in [7, 11) is 1.90. The minimum atomic E-state index is -0.779. The molecule has 0 saturated carbocycles. The number of nitrogens with zero attached hydrogens (tertiary/aromatic N) is 4. The van der Waals surface area contributed by atoms with Crippen molar-refractivity contribution in [2.45, 2.75) is 19.2 Å². The molecule has 3 rings (SSSR count). The molecule has 0 aliphatic rings.